The molecule has 1 N–H and O–H groups in total. The Labute approximate surface area is 83.3 Å². The number of likely N-dealkylation sites (tertiary alicyclic amines) is 1. The van der Waals surface area contributed by atoms with Gasteiger partial charge in [-0.1, -0.05) is 0 Å². The molecular formula is C9H16N2O3. The fourth-order valence-corrected chi connectivity index (χ4v) is 1.60. The Kier molecular flexibility index (Phi) is 3.73. The molecule has 1 rings (SSSR count). The number of amides is 2. The molecule has 0 unspecified atom stereocenters. The summed E-state index contributed by atoms with van der Waals surface area (Å²) in [5.41, 5.74) is 0. The summed E-state index contributed by atoms with van der Waals surface area (Å²) in [5.74, 6) is -0.974. The van der Waals surface area contributed by atoms with E-state index in [0.717, 1.165) is 32.4 Å². The number of carbonyl (C=O) groups excluding carboxylic acids is 1. The summed E-state index contributed by atoms with van der Waals surface area (Å²) < 4.78 is 0. The Balaban J connectivity index is 2.42. The second-order valence-electron chi connectivity index (χ2n) is 3.58. The van der Waals surface area contributed by atoms with Gasteiger partial charge in [0.1, 0.15) is 6.54 Å². The predicted octanol–water partition coefficient (Wildman–Crippen LogP) is 0.609. The maximum absolute atomic E-state index is 11.6. The van der Waals surface area contributed by atoms with E-state index in [1.54, 1.807) is 4.90 Å². The van der Waals surface area contributed by atoms with E-state index in [1.165, 1.54) is 11.9 Å². The Morgan fingerprint density at radius 2 is 1.86 bits per heavy atom. The van der Waals surface area contributed by atoms with Crippen molar-refractivity contribution in [2.45, 2.75) is 19.3 Å². The second-order valence-corrected chi connectivity index (χ2v) is 3.58. The maximum Gasteiger partial charge on any atom is 0.323 e. The number of rotatable bonds is 2. The number of hydrogen-bond acceptors (Lipinski definition) is 2. The minimum atomic E-state index is -0.974. The standard InChI is InChI=1S/C9H16N2O3/c1-10(7-8(12)13)9(14)11-5-3-2-4-6-11/h2-7H2,1H3,(H,12,13). The predicted molar refractivity (Wildman–Crippen MR) is 51.1 cm³/mol. The molecule has 5 nitrogen and oxygen atoms in total. The fourth-order valence-electron chi connectivity index (χ4n) is 1.60. The molecule has 0 spiro atoms. The molecule has 0 aromatic rings. The van der Waals surface area contributed by atoms with Crippen molar-refractivity contribution in [1.29, 1.82) is 0 Å². The van der Waals surface area contributed by atoms with Crippen LogP contribution >= 0.6 is 0 Å². The topological polar surface area (TPSA) is 60.9 Å². The number of urea groups is 1. The van der Waals surface area contributed by atoms with Crippen LogP contribution in [0.1, 0.15) is 19.3 Å². The SMILES string of the molecule is CN(CC(=O)O)C(=O)N1CCCCC1. The van der Waals surface area contributed by atoms with E-state index in [2.05, 4.69) is 0 Å². The van der Waals surface area contributed by atoms with Crippen molar-refractivity contribution in [3.8, 4) is 0 Å². The van der Waals surface area contributed by atoms with Gasteiger partial charge in [0.25, 0.3) is 0 Å². The highest BCUT2D eigenvalue weighted by atomic mass is 16.4. The largest absolute Gasteiger partial charge is 0.480 e. The van der Waals surface area contributed by atoms with E-state index in [1.807, 2.05) is 0 Å². The first kappa shape index (κ1) is 10.8. The van der Waals surface area contributed by atoms with Crippen LogP contribution in [0.2, 0.25) is 0 Å². The number of carbonyl (C=O) groups is 2. The third kappa shape index (κ3) is 2.90. The number of likely N-dealkylation sites (N-methyl/N-ethyl adjacent to an activating group) is 1. The maximum atomic E-state index is 11.6. The van der Waals surface area contributed by atoms with Crippen molar-refractivity contribution in [3.63, 3.8) is 0 Å². The average Bonchev–Trinajstić information content (AvgIpc) is 2.17. The quantitative estimate of drug-likeness (QED) is 0.710. The summed E-state index contributed by atoms with van der Waals surface area (Å²) in [6.45, 7) is 1.28. The first-order valence-corrected chi connectivity index (χ1v) is 4.83. The normalized spacial score (nSPS) is 16.5. The minimum Gasteiger partial charge on any atom is -0.480 e. The average molecular weight is 200 g/mol. The molecule has 0 radical (unpaired) electrons. The Morgan fingerprint density at radius 3 is 2.36 bits per heavy atom. The van der Waals surface area contributed by atoms with E-state index in [0.29, 0.717) is 0 Å². The van der Waals surface area contributed by atoms with Crippen LogP contribution in [0.4, 0.5) is 4.79 Å². The molecule has 1 heterocycles. The van der Waals surface area contributed by atoms with Gasteiger partial charge in [-0.3, -0.25) is 4.79 Å². The van der Waals surface area contributed by atoms with Crippen molar-refractivity contribution in [3.05, 3.63) is 0 Å². The van der Waals surface area contributed by atoms with Gasteiger partial charge < -0.3 is 14.9 Å². The molecule has 14 heavy (non-hydrogen) atoms. The molecule has 0 saturated carbocycles. The lowest BCUT2D eigenvalue weighted by atomic mass is 10.1. The van der Waals surface area contributed by atoms with E-state index in [9.17, 15) is 9.59 Å². The molecule has 0 aromatic carbocycles. The van der Waals surface area contributed by atoms with E-state index >= 15 is 0 Å². The lowest BCUT2D eigenvalue weighted by Gasteiger charge is -2.30. The van der Waals surface area contributed by atoms with Crippen molar-refractivity contribution in [2.75, 3.05) is 26.7 Å². The first-order valence-electron chi connectivity index (χ1n) is 4.83. The molecule has 1 fully saturated rings. The Hall–Kier alpha value is -1.26. The molecule has 80 valence electrons. The molecule has 1 aliphatic rings. The summed E-state index contributed by atoms with van der Waals surface area (Å²) in [5, 5.41) is 8.52. The minimum absolute atomic E-state index is 0.174. The number of nitrogens with zero attached hydrogens (tertiary/aromatic N) is 2. The monoisotopic (exact) mass is 200 g/mol. The summed E-state index contributed by atoms with van der Waals surface area (Å²) in [6.07, 6.45) is 3.20. The molecule has 1 saturated heterocycles. The van der Waals surface area contributed by atoms with Crippen LogP contribution in [0.25, 0.3) is 0 Å². The van der Waals surface area contributed by atoms with Crippen molar-refractivity contribution in [2.24, 2.45) is 0 Å². The van der Waals surface area contributed by atoms with Crippen LogP contribution in [0.5, 0.6) is 0 Å². The zero-order valence-electron chi connectivity index (χ0n) is 8.40. The number of carboxylic acid groups (broad SMARTS) is 1. The molecule has 0 aliphatic carbocycles. The Bertz CT molecular complexity index is 224. The lowest BCUT2D eigenvalue weighted by Crippen LogP contribution is -2.45. The van der Waals surface area contributed by atoms with Crippen LogP contribution in [0.3, 0.4) is 0 Å². The summed E-state index contributed by atoms with van der Waals surface area (Å²) in [6, 6.07) is -0.174. The van der Waals surface area contributed by atoms with Gasteiger partial charge in [0.05, 0.1) is 0 Å². The van der Waals surface area contributed by atoms with Gasteiger partial charge in [0.2, 0.25) is 0 Å². The smallest absolute Gasteiger partial charge is 0.323 e. The van der Waals surface area contributed by atoms with Gasteiger partial charge in [-0.05, 0) is 19.3 Å². The number of piperidine rings is 1. The van der Waals surface area contributed by atoms with Gasteiger partial charge in [0.15, 0.2) is 0 Å². The molecule has 0 bridgehead atoms. The van der Waals surface area contributed by atoms with Crippen LogP contribution in [-0.2, 0) is 4.79 Å². The molecule has 2 amide bonds. The van der Waals surface area contributed by atoms with Gasteiger partial charge in [-0.15, -0.1) is 0 Å². The lowest BCUT2D eigenvalue weighted by molar-refractivity contribution is -0.137. The first-order chi connectivity index (χ1) is 6.61. The fraction of sp³-hybridized carbons (Fsp3) is 0.778. The number of hydrogen-bond donors (Lipinski definition) is 1. The van der Waals surface area contributed by atoms with Gasteiger partial charge >= 0.3 is 12.0 Å². The van der Waals surface area contributed by atoms with E-state index in [4.69, 9.17) is 5.11 Å². The van der Waals surface area contributed by atoms with Crippen molar-refractivity contribution >= 4 is 12.0 Å². The summed E-state index contributed by atoms with van der Waals surface area (Å²) in [4.78, 5) is 25.0. The third-order valence-electron chi connectivity index (χ3n) is 2.33. The highest BCUT2D eigenvalue weighted by molar-refractivity contribution is 5.79. The number of aliphatic carboxylic acids is 1. The highest BCUT2D eigenvalue weighted by Crippen LogP contribution is 2.10. The number of carboxylic acids is 1. The summed E-state index contributed by atoms with van der Waals surface area (Å²) >= 11 is 0. The molecule has 0 aromatic heterocycles. The molecule has 1 aliphatic heterocycles. The molecular weight excluding hydrogens is 184 g/mol. The highest BCUT2D eigenvalue weighted by Gasteiger charge is 2.20. The van der Waals surface area contributed by atoms with E-state index < -0.39 is 5.97 Å². The zero-order valence-corrected chi connectivity index (χ0v) is 8.40. The third-order valence-corrected chi connectivity index (χ3v) is 2.33. The van der Waals surface area contributed by atoms with Gasteiger partial charge in [0, 0.05) is 20.1 Å². The molecule has 0 atom stereocenters. The van der Waals surface area contributed by atoms with Crippen molar-refractivity contribution < 1.29 is 14.7 Å². The van der Waals surface area contributed by atoms with Crippen LogP contribution < -0.4 is 0 Å². The van der Waals surface area contributed by atoms with Gasteiger partial charge in [-0.2, -0.15) is 0 Å². The van der Waals surface area contributed by atoms with Crippen LogP contribution in [0, 0.1) is 0 Å². The van der Waals surface area contributed by atoms with Crippen LogP contribution in [-0.4, -0.2) is 53.6 Å². The van der Waals surface area contributed by atoms with Crippen molar-refractivity contribution in [1.82, 2.24) is 9.80 Å². The summed E-state index contributed by atoms with van der Waals surface area (Å²) in [7, 11) is 1.52. The molecule has 5 heteroatoms. The second kappa shape index (κ2) is 4.83. The van der Waals surface area contributed by atoms with Gasteiger partial charge in [-0.25, -0.2) is 4.79 Å². The van der Waals surface area contributed by atoms with E-state index in [-0.39, 0.29) is 12.6 Å². The van der Waals surface area contributed by atoms with Crippen LogP contribution in [0.15, 0.2) is 0 Å². The Morgan fingerprint density at radius 1 is 1.29 bits per heavy atom. The zero-order chi connectivity index (χ0) is 10.6.